The largest absolute Gasteiger partial charge is 0.460 e. The Balaban J connectivity index is 1.48. The average molecular weight is 830 g/mol. The van der Waals surface area contributed by atoms with Crippen LogP contribution in [0.25, 0.3) is 0 Å². The van der Waals surface area contributed by atoms with E-state index in [0.29, 0.717) is 36.3 Å². The number of hydrogen-bond acceptors (Lipinski definition) is 11. The van der Waals surface area contributed by atoms with E-state index in [-0.39, 0.29) is 40.3 Å². The number of rotatable bonds is 29. The first kappa shape index (κ1) is 49.9. The molecule has 1 aromatic rings. The minimum Gasteiger partial charge on any atom is -0.460 e. The van der Waals surface area contributed by atoms with Gasteiger partial charge < -0.3 is 20.1 Å². The molecule has 0 amide bonds. The highest BCUT2D eigenvalue weighted by molar-refractivity contribution is 5.38. The van der Waals surface area contributed by atoms with Crippen LogP contribution in [0, 0.1) is 11.8 Å². The second-order valence-electron chi connectivity index (χ2n) is 21.0. The number of anilines is 2. The SMILES string of the molecule is CCCCCCCCON1C(C)(C)CC(C(CCC)Nc2nc(NC(CCC)C3CC(C)(C)N(OCCCCCCCC)C(C)(C)C3)nc(OCC3CO3)n2)CC1(C)C. The van der Waals surface area contributed by atoms with Gasteiger partial charge in [-0.3, -0.25) is 9.68 Å². The van der Waals surface area contributed by atoms with E-state index >= 15 is 0 Å². The van der Waals surface area contributed by atoms with Crippen LogP contribution in [0.1, 0.15) is 212 Å². The topological polar surface area (TPSA) is 109 Å². The molecule has 3 fully saturated rings. The molecule has 342 valence electrons. The summed E-state index contributed by atoms with van der Waals surface area (Å²) in [5, 5.41) is 12.4. The quantitative estimate of drug-likeness (QED) is 0.0595. The van der Waals surface area contributed by atoms with Gasteiger partial charge >= 0.3 is 6.01 Å². The van der Waals surface area contributed by atoms with E-state index in [1.807, 2.05) is 0 Å². The lowest BCUT2D eigenvalue weighted by Gasteiger charge is -2.55. The average Bonchev–Trinajstić information content (AvgIpc) is 3.98. The predicted molar refractivity (Wildman–Crippen MR) is 244 cm³/mol. The number of aromatic nitrogens is 3. The van der Waals surface area contributed by atoms with Crippen molar-refractivity contribution >= 4 is 11.9 Å². The Morgan fingerprint density at radius 2 is 0.932 bits per heavy atom. The first-order chi connectivity index (χ1) is 28.0. The van der Waals surface area contributed by atoms with Crippen molar-refractivity contribution < 1.29 is 19.1 Å². The van der Waals surface area contributed by atoms with Crippen LogP contribution < -0.4 is 15.4 Å². The summed E-state index contributed by atoms with van der Waals surface area (Å²) in [7, 11) is 0. The summed E-state index contributed by atoms with van der Waals surface area (Å²) in [5.41, 5.74) is -0.459. The van der Waals surface area contributed by atoms with Gasteiger partial charge in [0.25, 0.3) is 0 Å². The van der Waals surface area contributed by atoms with Crippen molar-refractivity contribution in [3.8, 4) is 6.01 Å². The first-order valence-corrected chi connectivity index (χ1v) is 24.4. The van der Waals surface area contributed by atoms with E-state index < -0.39 is 0 Å². The molecule has 0 aliphatic carbocycles. The Morgan fingerprint density at radius 3 is 1.29 bits per heavy atom. The lowest BCUT2D eigenvalue weighted by atomic mass is 9.71. The standard InChI is InChI=1S/C48H91N7O4/c1-13-17-19-21-23-25-29-58-54-45(5,6)31-37(32-46(54,7)8)40(27-15-3)49-42-51-43(53-44(52-42)57-36-39-35-56-39)50-41(28-16-4)38-33-47(9,10)55(48(11,12)34-38)59-30-26-24-22-20-18-14-2/h37-41H,13-36H2,1-12H3,(H2,49,50,51,52,53). The number of nitrogens with zero attached hydrogens (tertiary/aromatic N) is 5. The van der Waals surface area contributed by atoms with Gasteiger partial charge in [0.05, 0.1) is 19.8 Å². The molecule has 11 nitrogen and oxygen atoms in total. The van der Waals surface area contributed by atoms with Crippen molar-refractivity contribution in [3.63, 3.8) is 0 Å². The summed E-state index contributed by atoms with van der Waals surface area (Å²) >= 11 is 0. The highest BCUT2D eigenvalue weighted by Gasteiger charge is 2.50. The van der Waals surface area contributed by atoms with Gasteiger partial charge in [-0.05, 0) is 119 Å². The predicted octanol–water partition coefficient (Wildman–Crippen LogP) is 11.9. The zero-order chi connectivity index (χ0) is 43.1. The molecule has 11 heteroatoms. The summed E-state index contributed by atoms with van der Waals surface area (Å²) in [6.07, 6.45) is 23.6. The molecule has 4 rings (SSSR count). The Hall–Kier alpha value is -1.79. The van der Waals surface area contributed by atoms with Gasteiger partial charge in [0.1, 0.15) is 12.7 Å². The Labute approximate surface area is 361 Å². The zero-order valence-corrected chi connectivity index (χ0v) is 40.2. The molecule has 3 saturated heterocycles. The van der Waals surface area contributed by atoms with Crippen molar-refractivity contribution in [3.05, 3.63) is 0 Å². The van der Waals surface area contributed by atoms with E-state index in [1.165, 1.54) is 64.2 Å². The van der Waals surface area contributed by atoms with Gasteiger partial charge in [0.2, 0.25) is 11.9 Å². The third-order valence-corrected chi connectivity index (χ3v) is 13.1. The van der Waals surface area contributed by atoms with Gasteiger partial charge in [-0.25, -0.2) is 0 Å². The third kappa shape index (κ3) is 15.8. The van der Waals surface area contributed by atoms with Crippen LogP contribution in [0.2, 0.25) is 0 Å². The van der Waals surface area contributed by atoms with Crippen molar-refractivity contribution in [1.82, 2.24) is 25.1 Å². The van der Waals surface area contributed by atoms with E-state index in [4.69, 9.17) is 34.1 Å². The molecule has 4 heterocycles. The zero-order valence-electron chi connectivity index (χ0n) is 40.2. The number of hydrogen-bond donors (Lipinski definition) is 2. The molecule has 3 aliphatic heterocycles. The molecule has 59 heavy (non-hydrogen) atoms. The summed E-state index contributed by atoms with van der Waals surface area (Å²) in [5.74, 6) is 1.99. The molecular weight excluding hydrogens is 739 g/mol. The summed E-state index contributed by atoms with van der Waals surface area (Å²) in [4.78, 5) is 28.1. The normalized spacial score (nSPS) is 22.9. The number of hydroxylamine groups is 4. The maximum Gasteiger partial charge on any atom is 0.323 e. The molecule has 0 spiro atoms. The van der Waals surface area contributed by atoms with Crippen molar-refractivity contribution in [2.45, 2.75) is 252 Å². The third-order valence-electron chi connectivity index (χ3n) is 13.1. The van der Waals surface area contributed by atoms with Crippen LogP contribution >= 0.6 is 0 Å². The second kappa shape index (κ2) is 23.6. The molecule has 0 bridgehead atoms. The molecule has 0 radical (unpaired) electrons. The minimum atomic E-state index is -0.115. The van der Waals surface area contributed by atoms with Crippen LogP contribution in [0.15, 0.2) is 0 Å². The van der Waals surface area contributed by atoms with Gasteiger partial charge in [-0.15, -0.1) is 0 Å². The monoisotopic (exact) mass is 830 g/mol. The Morgan fingerprint density at radius 1 is 0.559 bits per heavy atom. The summed E-state index contributed by atoms with van der Waals surface area (Å²) < 4.78 is 11.7. The van der Waals surface area contributed by atoms with Gasteiger partial charge in [-0.1, -0.05) is 105 Å². The van der Waals surface area contributed by atoms with Gasteiger partial charge in [0, 0.05) is 34.2 Å². The maximum absolute atomic E-state index is 6.62. The highest BCUT2D eigenvalue weighted by Crippen LogP contribution is 2.45. The maximum atomic E-state index is 6.62. The molecule has 0 aromatic carbocycles. The Bertz CT molecular complexity index is 1210. The van der Waals surface area contributed by atoms with Crippen molar-refractivity contribution in [2.24, 2.45) is 11.8 Å². The number of piperidine rings is 2. The van der Waals surface area contributed by atoms with E-state index in [1.54, 1.807) is 0 Å². The van der Waals surface area contributed by atoms with E-state index in [0.717, 1.165) is 84.0 Å². The van der Waals surface area contributed by atoms with Crippen LogP contribution in [-0.4, -0.2) is 91.8 Å². The number of ether oxygens (including phenoxy) is 2. The molecule has 3 aliphatic rings. The number of nitrogens with one attached hydrogen (secondary N) is 2. The van der Waals surface area contributed by atoms with Crippen LogP contribution in [0.3, 0.4) is 0 Å². The van der Waals surface area contributed by atoms with Gasteiger partial charge in [0.15, 0.2) is 0 Å². The van der Waals surface area contributed by atoms with Gasteiger partial charge in [-0.2, -0.15) is 25.1 Å². The summed E-state index contributed by atoms with van der Waals surface area (Å²) in [6, 6.07) is 0.744. The van der Waals surface area contributed by atoms with Crippen LogP contribution in [0.5, 0.6) is 6.01 Å². The molecule has 2 N–H and O–H groups in total. The molecule has 0 saturated carbocycles. The number of epoxide rings is 1. The Kier molecular flexibility index (Phi) is 19.9. The fourth-order valence-electron chi connectivity index (χ4n) is 10.7. The molecule has 3 unspecified atom stereocenters. The van der Waals surface area contributed by atoms with Crippen molar-refractivity contribution in [2.75, 3.05) is 37.1 Å². The van der Waals surface area contributed by atoms with E-state index in [2.05, 4.69) is 104 Å². The lowest BCUT2D eigenvalue weighted by Crippen LogP contribution is -2.62. The second-order valence-corrected chi connectivity index (χ2v) is 21.0. The highest BCUT2D eigenvalue weighted by atomic mass is 16.7. The first-order valence-electron chi connectivity index (χ1n) is 24.4. The van der Waals surface area contributed by atoms with E-state index in [9.17, 15) is 0 Å². The smallest absolute Gasteiger partial charge is 0.323 e. The fraction of sp³-hybridized carbons (Fsp3) is 0.938. The van der Waals surface area contributed by atoms with Crippen LogP contribution in [-0.2, 0) is 14.4 Å². The molecule has 3 atom stereocenters. The fourth-order valence-corrected chi connectivity index (χ4v) is 10.7. The minimum absolute atomic E-state index is 0.108. The molecule has 1 aromatic heterocycles. The molecular formula is C48H91N7O4. The lowest BCUT2D eigenvalue weighted by molar-refractivity contribution is -0.289. The number of unbranched alkanes of at least 4 members (excludes halogenated alkanes) is 10. The van der Waals surface area contributed by atoms with Crippen LogP contribution in [0.4, 0.5) is 11.9 Å². The summed E-state index contributed by atoms with van der Waals surface area (Å²) in [6.45, 7) is 30.7. The van der Waals surface area contributed by atoms with Crippen molar-refractivity contribution in [1.29, 1.82) is 0 Å².